The van der Waals surface area contributed by atoms with Gasteiger partial charge in [0.1, 0.15) is 11.9 Å². The van der Waals surface area contributed by atoms with Crippen LogP contribution in [0.1, 0.15) is 42.6 Å². The number of carbonyl (C=O) groups excluding carboxylic acids is 1. The van der Waals surface area contributed by atoms with Crippen molar-refractivity contribution in [2.24, 2.45) is 0 Å². The van der Waals surface area contributed by atoms with Crippen molar-refractivity contribution in [1.82, 2.24) is 0 Å². The standard InChI is InChI=1S/C15H19FO3/c1-9-6-12(16)4-5-14(9)15(17)19-13-7-10(2)18-11(3)8-13/h4-6,10-11,13H,7-8H2,1-3H3. The van der Waals surface area contributed by atoms with E-state index in [1.807, 2.05) is 13.8 Å². The quantitative estimate of drug-likeness (QED) is 0.771. The predicted molar refractivity (Wildman–Crippen MR) is 69.6 cm³/mol. The van der Waals surface area contributed by atoms with Gasteiger partial charge >= 0.3 is 5.97 Å². The summed E-state index contributed by atoms with van der Waals surface area (Å²) >= 11 is 0. The number of benzene rings is 1. The fourth-order valence-corrected chi connectivity index (χ4v) is 2.51. The second-order valence-electron chi connectivity index (χ2n) is 5.22. The molecule has 1 fully saturated rings. The Morgan fingerprint density at radius 3 is 2.53 bits per heavy atom. The topological polar surface area (TPSA) is 35.5 Å². The summed E-state index contributed by atoms with van der Waals surface area (Å²) < 4.78 is 24.1. The maximum absolute atomic E-state index is 13.0. The van der Waals surface area contributed by atoms with Gasteiger partial charge in [-0.2, -0.15) is 0 Å². The van der Waals surface area contributed by atoms with Crippen molar-refractivity contribution in [3.8, 4) is 0 Å². The van der Waals surface area contributed by atoms with Gasteiger partial charge in [0, 0.05) is 12.8 Å². The molecule has 19 heavy (non-hydrogen) atoms. The van der Waals surface area contributed by atoms with Crippen molar-refractivity contribution in [3.63, 3.8) is 0 Å². The molecule has 0 N–H and O–H groups in total. The van der Waals surface area contributed by atoms with Gasteiger partial charge in [0.05, 0.1) is 17.8 Å². The van der Waals surface area contributed by atoms with Gasteiger partial charge in [-0.05, 0) is 44.5 Å². The largest absolute Gasteiger partial charge is 0.459 e. The van der Waals surface area contributed by atoms with E-state index in [0.29, 0.717) is 24.0 Å². The van der Waals surface area contributed by atoms with E-state index in [-0.39, 0.29) is 30.1 Å². The molecule has 3 nitrogen and oxygen atoms in total. The highest BCUT2D eigenvalue weighted by atomic mass is 19.1. The molecule has 1 heterocycles. The normalized spacial score (nSPS) is 27.1. The SMILES string of the molecule is Cc1cc(F)ccc1C(=O)OC1CC(C)OC(C)C1. The number of rotatable bonds is 2. The lowest BCUT2D eigenvalue weighted by molar-refractivity contribution is -0.0855. The van der Waals surface area contributed by atoms with Crippen LogP contribution in [0.2, 0.25) is 0 Å². The van der Waals surface area contributed by atoms with Crippen molar-refractivity contribution < 1.29 is 18.7 Å². The first-order valence-electron chi connectivity index (χ1n) is 6.58. The number of aryl methyl sites for hydroxylation is 1. The number of esters is 1. The van der Waals surface area contributed by atoms with Crippen LogP contribution >= 0.6 is 0 Å². The molecule has 4 heteroatoms. The summed E-state index contributed by atoms with van der Waals surface area (Å²) in [7, 11) is 0. The van der Waals surface area contributed by atoms with E-state index < -0.39 is 0 Å². The van der Waals surface area contributed by atoms with Gasteiger partial charge in [-0.15, -0.1) is 0 Å². The average Bonchev–Trinajstić information content (AvgIpc) is 2.26. The molecule has 0 radical (unpaired) electrons. The molecule has 2 unspecified atom stereocenters. The summed E-state index contributed by atoms with van der Waals surface area (Å²) in [5.41, 5.74) is 1.02. The Labute approximate surface area is 112 Å². The smallest absolute Gasteiger partial charge is 0.338 e. The van der Waals surface area contributed by atoms with Gasteiger partial charge in [-0.3, -0.25) is 0 Å². The minimum Gasteiger partial charge on any atom is -0.459 e. The van der Waals surface area contributed by atoms with Crippen molar-refractivity contribution in [2.45, 2.75) is 51.9 Å². The zero-order chi connectivity index (χ0) is 14.0. The Hall–Kier alpha value is -1.42. The molecule has 0 bridgehead atoms. The third-order valence-electron chi connectivity index (χ3n) is 3.34. The fraction of sp³-hybridized carbons (Fsp3) is 0.533. The molecule has 1 aliphatic heterocycles. The lowest BCUT2D eigenvalue weighted by Crippen LogP contribution is -2.35. The van der Waals surface area contributed by atoms with Crippen LogP contribution in [0.15, 0.2) is 18.2 Å². The van der Waals surface area contributed by atoms with Crippen LogP contribution in [0.25, 0.3) is 0 Å². The zero-order valence-corrected chi connectivity index (χ0v) is 11.5. The van der Waals surface area contributed by atoms with Crippen LogP contribution in [0.4, 0.5) is 4.39 Å². The van der Waals surface area contributed by atoms with Crippen LogP contribution in [0.5, 0.6) is 0 Å². The highest BCUT2D eigenvalue weighted by molar-refractivity contribution is 5.91. The maximum atomic E-state index is 13.0. The molecular formula is C15H19FO3. The molecule has 1 aromatic rings. The van der Waals surface area contributed by atoms with E-state index in [1.54, 1.807) is 6.92 Å². The van der Waals surface area contributed by atoms with E-state index in [0.717, 1.165) is 0 Å². The van der Waals surface area contributed by atoms with Crippen LogP contribution in [0.3, 0.4) is 0 Å². The van der Waals surface area contributed by atoms with Crippen molar-refractivity contribution >= 4 is 5.97 Å². The van der Waals surface area contributed by atoms with Gasteiger partial charge < -0.3 is 9.47 Å². The van der Waals surface area contributed by atoms with Crippen molar-refractivity contribution in [3.05, 3.63) is 35.1 Å². The highest BCUT2D eigenvalue weighted by Gasteiger charge is 2.27. The summed E-state index contributed by atoms with van der Waals surface area (Å²) in [6.45, 7) is 5.65. The summed E-state index contributed by atoms with van der Waals surface area (Å²) in [6.07, 6.45) is 1.47. The third kappa shape index (κ3) is 3.53. The second-order valence-corrected chi connectivity index (χ2v) is 5.22. The second kappa shape index (κ2) is 5.70. The molecule has 1 aromatic carbocycles. The lowest BCUT2D eigenvalue weighted by Gasteiger charge is -2.31. The molecule has 1 aliphatic rings. The molecule has 0 amide bonds. The predicted octanol–water partition coefficient (Wildman–Crippen LogP) is 3.25. The molecule has 0 spiro atoms. The molecular weight excluding hydrogens is 247 g/mol. The molecule has 2 rings (SSSR count). The first-order valence-corrected chi connectivity index (χ1v) is 6.58. The molecule has 0 aromatic heterocycles. The van der Waals surface area contributed by atoms with Crippen LogP contribution in [0, 0.1) is 12.7 Å². The average molecular weight is 266 g/mol. The number of hydrogen-bond acceptors (Lipinski definition) is 3. The first-order chi connectivity index (χ1) is 8.95. The minimum absolute atomic E-state index is 0.0934. The maximum Gasteiger partial charge on any atom is 0.338 e. The lowest BCUT2D eigenvalue weighted by atomic mass is 10.0. The van der Waals surface area contributed by atoms with Crippen molar-refractivity contribution in [2.75, 3.05) is 0 Å². The van der Waals surface area contributed by atoms with E-state index >= 15 is 0 Å². The summed E-state index contributed by atoms with van der Waals surface area (Å²) in [6, 6.07) is 4.09. The molecule has 0 aliphatic carbocycles. The Morgan fingerprint density at radius 1 is 1.32 bits per heavy atom. The fourth-order valence-electron chi connectivity index (χ4n) is 2.51. The minimum atomic E-state index is -0.385. The van der Waals surface area contributed by atoms with Gasteiger partial charge in [-0.1, -0.05) is 0 Å². The number of hydrogen-bond donors (Lipinski definition) is 0. The van der Waals surface area contributed by atoms with Crippen LogP contribution in [-0.4, -0.2) is 24.3 Å². The van der Waals surface area contributed by atoms with Gasteiger partial charge in [0.15, 0.2) is 0 Å². The monoisotopic (exact) mass is 266 g/mol. The summed E-state index contributed by atoms with van der Waals surface area (Å²) in [4.78, 5) is 12.1. The Bertz CT molecular complexity index is 462. The van der Waals surface area contributed by atoms with Crippen LogP contribution in [-0.2, 0) is 9.47 Å². The van der Waals surface area contributed by atoms with Crippen LogP contribution < -0.4 is 0 Å². The number of halogens is 1. The Kier molecular flexibility index (Phi) is 4.20. The summed E-state index contributed by atoms with van der Waals surface area (Å²) in [5, 5.41) is 0. The van der Waals surface area contributed by atoms with Gasteiger partial charge in [0.2, 0.25) is 0 Å². The van der Waals surface area contributed by atoms with E-state index in [1.165, 1.54) is 18.2 Å². The van der Waals surface area contributed by atoms with E-state index in [4.69, 9.17) is 9.47 Å². The Morgan fingerprint density at radius 2 is 1.95 bits per heavy atom. The zero-order valence-electron chi connectivity index (χ0n) is 11.5. The summed E-state index contributed by atoms with van der Waals surface area (Å²) in [5.74, 6) is -0.730. The molecule has 0 saturated carbocycles. The number of carbonyl (C=O) groups is 1. The molecule has 1 saturated heterocycles. The first kappa shape index (κ1) is 14.0. The van der Waals surface area contributed by atoms with Gasteiger partial charge in [-0.25, -0.2) is 9.18 Å². The number of ether oxygens (including phenoxy) is 2. The molecule has 2 atom stereocenters. The molecule has 104 valence electrons. The third-order valence-corrected chi connectivity index (χ3v) is 3.34. The van der Waals surface area contributed by atoms with Gasteiger partial charge in [0.25, 0.3) is 0 Å². The van der Waals surface area contributed by atoms with Crippen molar-refractivity contribution in [1.29, 1.82) is 0 Å². The van der Waals surface area contributed by atoms with E-state index in [2.05, 4.69) is 0 Å². The highest BCUT2D eigenvalue weighted by Crippen LogP contribution is 2.23. The van der Waals surface area contributed by atoms with E-state index in [9.17, 15) is 9.18 Å². The Balaban J connectivity index is 2.04.